The molecule has 0 aliphatic carbocycles. The molecule has 28 heavy (non-hydrogen) atoms. The third-order valence-electron chi connectivity index (χ3n) is 4.86. The summed E-state index contributed by atoms with van der Waals surface area (Å²) in [6, 6.07) is 13.6. The smallest absolute Gasteiger partial charge is 0.258 e. The third-order valence-corrected chi connectivity index (χ3v) is 5.09. The maximum absolute atomic E-state index is 12.6. The van der Waals surface area contributed by atoms with Crippen LogP contribution in [0.4, 0.5) is 0 Å². The van der Waals surface area contributed by atoms with Gasteiger partial charge in [-0.15, -0.1) is 0 Å². The molecule has 1 aliphatic heterocycles. The van der Waals surface area contributed by atoms with Gasteiger partial charge in [0.1, 0.15) is 5.75 Å². The number of benzene rings is 2. The summed E-state index contributed by atoms with van der Waals surface area (Å²) < 4.78 is 11.1. The first kappa shape index (κ1) is 20.6. The average Bonchev–Trinajstić information content (AvgIpc) is 2.68. The lowest BCUT2D eigenvalue weighted by molar-refractivity contribution is -0.124. The van der Waals surface area contributed by atoms with Gasteiger partial charge in [0.15, 0.2) is 6.61 Å². The van der Waals surface area contributed by atoms with Gasteiger partial charge in [0.2, 0.25) is 0 Å². The van der Waals surface area contributed by atoms with Gasteiger partial charge in [0, 0.05) is 24.7 Å². The number of hydrogen-bond acceptors (Lipinski definition) is 4. The number of halogens is 1. The molecule has 1 amide bonds. The van der Waals surface area contributed by atoms with Crippen molar-refractivity contribution in [2.24, 2.45) is 0 Å². The molecule has 0 aromatic heterocycles. The number of rotatable bonds is 7. The highest BCUT2D eigenvalue weighted by Crippen LogP contribution is 2.22. The normalized spacial score (nSPS) is 15.8. The van der Waals surface area contributed by atoms with E-state index in [1.807, 2.05) is 13.0 Å². The Morgan fingerprint density at radius 1 is 1.18 bits per heavy atom. The number of carbonyl (C=O) groups is 1. The maximum Gasteiger partial charge on any atom is 0.258 e. The Morgan fingerprint density at radius 3 is 2.57 bits per heavy atom. The van der Waals surface area contributed by atoms with Crippen molar-refractivity contribution in [2.45, 2.75) is 19.9 Å². The van der Waals surface area contributed by atoms with Crippen LogP contribution in [-0.4, -0.2) is 50.3 Å². The van der Waals surface area contributed by atoms with E-state index in [2.05, 4.69) is 41.4 Å². The standard InChI is InChI=1S/C22H27ClN2O3/c1-16-3-5-18(6-4-16)20(14-25-9-11-27-12-10-25)24-22(26)15-28-21-8-7-19(23)13-17(21)2/h3-8,13,20H,9-12,14-15H2,1-2H3,(H,24,26)/t20-/m1/s1. The molecule has 1 N–H and O–H groups in total. The number of nitrogens with one attached hydrogen (secondary N) is 1. The van der Waals surface area contributed by atoms with E-state index >= 15 is 0 Å². The number of hydrogen-bond donors (Lipinski definition) is 1. The van der Waals surface area contributed by atoms with Crippen molar-refractivity contribution in [3.8, 4) is 5.75 Å². The summed E-state index contributed by atoms with van der Waals surface area (Å²) in [6.45, 7) is 7.89. The van der Waals surface area contributed by atoms with Crippen LogP contribution in [0.15, 0.2) is 42.5 Å². The highest BCUT2D eigenvalue weighted by Gasteiger charge is 2.20. The van der Waals surface area contributed by atoms with E-state index < -0.39 is 0 Å². The van der Waals surface area contributed by atoms with Crippen LogP contribution in [0.25, 0.3) is 0 Å². The summed E-state index contributed by atoms with van der Waals surface area (Å²) in [7, 11) is 0. The van der Waals surface area contributed by atoms with Crippen LogP contribution < -0.4 is 10.1 Å². The molecule has 3 rings (SSSR count). The van der Waals surface area contributed by atoms with Crippen LogP contribution in [-0.2, 0) is 9.53 Å². The predicted octanol–water partition coefficient (Wildman–Crippen LogP) is 3.53. The first-order valence-corrected chi connectivity index (χ1v) is 9.94. The van der Waals surface area contributed by atoms with E-state index in [0.717, 1.165) is 44.0 Å². The van der Waals surface area contributed by atoms with E-state index in [4.69, 9.17) is 21.1 Å². The van der Waals surface area contributed by atoms with Crippen LogP contribution in [0.5, 0.6) is 5.75 Å². The SMILES string of the molecule is Cc1ccc([C@@H](CN2CCOCC2)NC(=O)COc2ccc(Cl)cc2C)cc1. The minimum absolute atomic E-state index is 0.0338. The van der Waals surface area contributed by atoms with Gasteiger partial charge in [-0.1, -0.05) is 41.4 Å². The molecule has 1 fully saturated rings. The van der Waals surface area contributed by atoms with Crippen LogP contribution in [0.1, 0.15) is 22.7 Å². The lowest BCUT2D eigenvalue weighted by Gasteiger charge is -2.31. The number of nitrogens with zero attached hydrogens (tertiary/aromatic N) is 1. The topological polar surface area (TPSA) is 50.8 Å². The van der Waals surface area contributed by atoms with Gasteiger partial charge in [0.05, 0.1) is 19.3 Å². The van der Waals surface area contributed by atoms with Crippen LogP contribution in [0, 0.1) is 13.8 Å². The summed E-state index contributed by atoms with van der Waals surface area (Å²) >= 11 is 5.97. The second kappa shape index (κ2) is 9.92. The Labute approximate surface area is 171 Å². The van der Waals surface area contributed by atoms with Gasteiger partial charge in [-0.3, -0.25) is 9.69 Å². The van der Waals surface area contributed by atoms with Gasteiger partial charge in [0.25, 0.3) is 5.91 Å². The maximum atomic E-state index is 12.6. The third kappa shape index (κ3) is 5.96. The molecule has 2 aromatic rings. The molecule has 6 heteroatoms. The fourth-order valence-corrected chi connectivity index (χ4v) is 3.46. The highest BCUT2D eigenvalue weighted by molar-refractivity contribution is 6.30. The zero-order valence-electron chi connectivity index (χ0n) is 16.4. The number of ether oxygens (including phenoxy) is 2. The molecule has 150 valence electrons. The molecule has 1 heterocycles. The molecular weight excluding hydrogens is 376 g/mol. The van der Waals surface area contributed by atoms with E-state index in [1.54, 1.807) is 12.1 Å². The summed E-state index contributed by atoms with van der Waals surface area (Å²) in [5.41, 5.74) is 3.19. The molecule has 0 unspecified atom stereocenters. The summed E-state index contributed by atoms with van der Waals surface area (Å²) in [5, 5.41) is 3.78. The molecule has 0 saturated carbocycles. The molecule has 5 nitrogen and oxygen atoms in total. The second-order valence-electron chi connectivity index (χ2n) is 7.14. The Morgan fingerprint density at radius 2 is 1.89 bits per heavy atom. The van der Waals surface area contributed by atoms with Crippen molar-refractivity contribution in [3.63, 3.8) is 0 Å². The van der Waals surface area contributed by atoms with Gasteiger partial charge in [-0.05, 0) is 43.2 Å². The first-order valence-electron chi connectivity index (χ1n) is 9.56. The van der Waals surface area contributed by atoms with Crippen molar-refractivity contribution >= 4 is 17.5 Å². The number of morpholine rings is 1. The zero-order chi connectivity index (χ0) is 19.9. The van der Waals surface area contributed by atoms with Gasteiger partial charge >= 0.3 is 0 Å². The second-order valence-corrected chi connectivity index (χ2v) is 7.58. The summed E-state index contributed by atoms with van der Waals surface area (Å²) in [6.07, 6.45) is 0. The Kier molecular flexibility index (Phi) is 7.31. The fourth-order valence-electron chi connectivity index (χ4n) is 3.23. The molecule has 0 spiro atoms. The van der Waals surface area contributed by atoms with Crippen molar-refractivity contribution in [2.75, 3.05) is 39.5 Å². The van der Waals surface area contributed by atoms with Crippen LogP contribution >= 0.6 is 11.6 Å². The Bertz CT molecular complexity index is 789. The molecular formula is C22H27ClN2O3. The molecule has 0 bridgehead atoms. The fraction of sp³-hybridized carbons (Fsp3) is 0.409. The lowest BCUT2D eigenvalue weighted by Crippen LogP contribution is -2.44. The molecule has 0 radical (unpaired) electrons. The van der Waals surface area contributed by atoms with Crippen LogP contribution in [0.3, 0.4) is 0 Å². The Balaban J connectivity index is 1.63. The minimum Gasteiger partial charge on any atom is -0.484 e. The average molecular weight is 403 g/mol. The zero-order valence-corrected chi connectivity index (χ0v) is 17.2. The van der Waals surface area contributed by atoms with Gasteiger partial charge in [-0.25, -0.2) is 0 Å². The van der Waals surface area contributed by atoms with Crippen LogP contribution in [0.2, 0.25) is 5.02 Å². The largest absolute Gasteiger partial charge is 0.484 e. The monoisotopic (exact) mass is 402 g/mol. The summed E-state index contributed by atoms with van der Waals surface area (Å²) in [5.74, 6) is 0.521. The van der Waals surface area contributed by atoms with Crippen molar-refractivity contribution in [1.82, 2.24) is 10.2 Å². The van der Waals surface area contributed by atoms with Crippen molar-refractivity contribution in [3.05, 3.63) is 64.2 Å². The van der Waals surface area contributed by atoms with E-state index in [-0.39, 0.29) is 18.6 Å². The van der Waals surface area contributed by atoms with Gasteiger partial charge < -0.3 is 14.8 Å². The number of amides is 1. The molecule has 1 aliphatic rings. The van der Waals surface area contributed by atoms with Crippen molar-refractivity contribution in [1.29, 1.82) is 0 Å². The van der Waals surface area contributed by atoms with E-state index in [9.17, 15) is 4.79 Å². The quantitative estimate of drug-likeness (QED) is 0.769. The predicted molar refractivity (Wildman–Crippen MR) is 111 cm³/mol. The van der Waals surface area contributed by atoms with Crippen molar-refractivity contribution < 1.29 is 14.3 Å². The number of aryl methyl sites for hydroxylation is 2. The highest BCUT2D eigenvalue weighted by atomic mass is 35.5. The first-order chi connectivity index (χ1) is 13.5. The van der Waals surface area contributed by atoms with Gasteiger partial charge in [-0.2, -0.15) is 0 Å². The van der Waals surface area contributed by atoms with E-state index in [0.29, 0.717) is 10.8 Å². The van der Waals surface area contributed by atoms with E-state index in [1.165, 1.54) is 5.56 Å². The Hall–Kier alpha value is -2.08. The molecule has 1 saturated heterocycles. The molecule has 2 aromatic carbocycles. The number of carbonyl (C=O) groups excluding carboxylic acids is 1. The summed E-state index contributed by atoms with van der Waals surface area (Å²) in [4.78, 5) is 14.9. The lowest BCUT2D eigenvalue weighted by atomic mass is 10.0. The minimum atomic E-state index is -0.145. The molecule has 1 atom stereocenters.